The van der Waals surface area contributed by atoms with Gasteiger partial charge < -0.3 is 15.7 Å². The molecule has 1 aromatic carbocycles. The van der Waals surface area contributed by atoms with Crippen molar-refractivity contribution in [2.45, 2.75) is 13.0 Å². The van der Waals surface area contributed by atoms with Gasteiger partial charge in [0.2, 0.25) is 0 Å². The molecule has 1 rings (SSSR count). The molecule has 0 fully saturated rings. The summed E-state index contributed by atoms with van der Waals surface area (Å²) in [6, 6.07) is 8.10. The molecule has 0 aliphatic carbocycles. The number of amidine groups is 1. The van der Waals surface area contributed by atoms with Gasteiger partial charge in [0.05, 0.1) is 6.61 Å². The molecule has 0 saturated carbocycles. The Morgan fingerprint density at radius 1 is 1.42 bits per heavy atom. The summed E-state index contributed by atoms with van der Waals surface area (Å²) in [5.41, 5.74) is 6.71. The normalized spacial score (nSPS) is 12.1. The lowest BCUT2D eigenvalue weighted by Gasteiger charge is -2.22. The van der Waals surface area contributed by atoms with Crippen LogP contribution in [-0.4, -0.2) is 42.7 Å². The largest absolute Gasteiger partial charge is 0.409 e. The van der Waals surface area contributed by atoms with Crippen LogP contribution < -0.4 is 5.73 Å². The standard InChI is InChI=1S/C13H20BrN3O2/c1-19-9-8-17(7-6-13(15)16-18)10-11-4-2-3-5-12(11)14/h2-5,18H,6-10H2,1H3,(H2,15,16). The van der Waals surface area contributed by atoms with Crippen LogP contribution in [0.3, 0.4) is 0 Å². The van der Waals surface area contributed by atoms with Crippen LogP contribution in [0, 0.1) is 0 Å². The SMILES string of the molecule is COCCN(CCC(N)=NO)Cc1ccccc1Br. The third kappa shape index (κ3) is 6.04. The molecule has 0 aromatic heterocycles. The summed E-state index contributed by atoms with van der Waals surface area (Å²) in [5, 5.41) is 11.6. The molecule has 0 bridgehead atoms. The molecule has 0 heterocycles. The number of hydrogen-bond donors (Lipinski definition) is 2. The molecule has 0 radical (unpaired) electrons. The maximum atomic E-state index is 8.57. The van der Waals surface area contributed by atoms with Gasteiger partial charge in [0, 0.05) is 37.6 Å². The topological polar surface area (TPSA) is 71.1 Å². The van der Waals surface area contributed by atoms with Crippen molar-refractivity contribution in [3.63, 3.8) is 0 Å². The number of hydrogen-bond acceptors (Lipinski definition) is 4. The van der Waals surface area contributed by atoms with Crippen LogP contribution in [-0.2, 0) is 11.3 Å². The molecule has 0 saturated heterocycles. The van der Waals surface area contributed by atoms with Gasteiger partial charge in [-0.1, -0.05) is 39.3 Å². The maximum absolute atomic E-state index is 8.57. The third-order valence-electron chi connectivity index (χ3n) is 2.78. The van der Waals surface area contributed by atoms with E-state index in [1.54, 1.807) is 7.11 Å². The van der Waals surface area contributed by atoms with Gasteiger partial charge in [-0.05, 0) is 11.6 Å². The number of oxime groups is 1. The molecular weight excluding hydrogens is 310 g/mol. The average molecular weight is 330 g/mol. The summed E-state index contributed by atoms with van der Waals surface area (Å²) >= 11 is 3.54. The van der Waals surface area contributed by atoms with Crippen molar-refractivity contribution in [2.24, 2.45) is 10.9 Å². The fourth-order valence-corrected chi connectivity index (χ4v) is 2.09. The number of nitrogens with zero attached hydrogens (tertiary/aromatic N) is 2. The van der Waals surface area contributed by atoms with E-state index < -0.39 is 0 Å². The Labute approximate surface area is 122 Å². The molecule has 6 heteroatoms. The lowest BCUT2D eigenvalue weighted by Crippen LogP contribution is -2.31. The van der Waals surface area contributed by atoms with Crippen molar-refractivity contribution in [3.05, 3.63) is 34.3 Å². The highest BCUT2D eigenvalue weighted by atomic mass is 79.9. The summed E-state index contributed by atoms with van der Waals surface area (Å²) in [7, 11) is 1.68. The number of rotatable bonds is 8. The van der Waals surface area contributed by atoms with Gasteiger partial charge in [-0.3, -0.25) is 4.90 Å². The Morgan fingerprint density at radius 3 is 2.79 bits per heavy atom. The van der Waals surface area contributed by atoms with Crippen LogP contribution in [0.15, 0.2) is 33.9 Å². The van der Waals surface area contributed by atoms with Crippen LogP contribution in [0.2, 0.25) is 0 Å². The number of methoxy groups -OCH3 is 1. The predicted molar refractivity (Wildman–Crippen MR) is 79.3 cm³/mol. The Kier molecular flexibility index (Phi) is 7.47. The molecule has 106 valence electrons. The molecule has 0 atom stereocenters. The van der Waals surface area contributed by atoms with Crippen molar-refractivity contribution >= 4 is 21.8 Å². The summed E-state index contributed by atoms with van der Waals surface area (Å²) in [5.74, 6) is 0.245. The van der Waals surface area contributed by atoms with E-state index in [4.69, 9.17) is 15.7 Å². The summed E-state index contributed by atoms with van der Waals surface area (Å²) in [6.45, 7) is 2.97. The first-order chi connectivity index (χ1) is 9.17. The molecule has 5 nitrogen and oxygen atoms in total. The fourth-order valence-electron chi connectivity index (χ4n) is 1.68. The summed E-state index contributed by atoms with van der Waals surface area (Å²) < 4.78 is 6.19. The van der Waals surface area contributed by atoms with Crippen molar-refractivity contribution in [1.29, 1.82) is 0 Å². The van der Waals surface area contributed by atoms with Gasteiger partial charge >= 0.3 is 0 Å². The van der Waals surface area contributed by atoms with E-state index in [0.717, 1.165) is 24.1 Å². The zero-order valence-corrected chi connectivity index (χ0v) is 12.6. The van der Waals surface area contributed by atoms with Gasteiger partial charge in [-0.25, -0.2) is 0 Å². The van der Waals surface area contributed by atoms with Crippen LogP contribution in [0.1, 0.15) is 12.0 Å². The highest BCUT2D eigenvalue weighted by molar-refractivity contribution is 9.10. The second-order valence-electron chi connectivity index (χ2n) is 4.20. The van der Waals surface area contributed by atoms with Gasteiger partial charge in [0.25, 0.3) is 0 Å². The van der Waals surface area contributed by atoms with Crippen LogP contribution in [0.4, 0.5) is 0 Å². The fraction of sp³-hybridized carbons (Fsp3) is 0.462. The van der Waals surface area contributed by atoms with Crippen LogP contribution in [0.25, 0.3) is 0 Å². The highest BCUT2D eigenvalue weighted by Gasteiger charge is 2.09. The first kappa shape index (κ1) is 15.9. The van der Waals surface area contributed by atoms with Crippen molar-refractivity contribution in [1.82, 2.24) is 4.90 Å². The number of nitrogens with two attached hydrogens (primary N) is 1. The molecule has 1 aromatic rings. The van der Waals surface area contributed by atoms with Crippen molar-refractivity contribution < 1.29 is 9.94 Å². The molecule has 3 N–H and O–H groups in total. The first-order valence-electron chi connectivity index (χ1n) is 6.08. The molecule has 0 aliphatic heterocycles. The van der Waals surface area contributed by atoms with Gasteiger partial charge in [-0.15, -0.1) is 0 Å². The molecular formula is C13H20BrN3O2. The average Bonchev–Trinajstić information content (AvgIpc) is 2.43. The third-order valence-corrected chi connectivity index (χ3v) is 3.55. The Hall–Kier alpha value is -1.11. The minimum Gasteiger partial charge on any atom is -0.409 e. The summed E-state index contributed by atoms with van der Waals surface area (Å²) in [6.07, 6.45) is 0.532. The van der Waals surface area contributed by atoms with E-state index in [-0.39, 0.29) is 5.84 Å². The monoisotopic (exact) mass is 329 g/mol. The zero-order chi connectivity index (χ0) is 14.1. The van der Waals surface area contributed by atoms with Crippen LogP contribution >= 0.6 is 15.9 Å². The van der Waals surface area contributed by atoms with Gasteiger partial charge in [0.15, 0.2) is 0 Å². The Bertz CT molecular complexity index is 413. The first-order valence-corrected chi connectivity index (χ1v) is 6.87. The van der Waals surface area contributed by atoms with Gasteiger partial charge in [0.1, 0.15) is 5.84 Å². The van der Waals surface area contributed by atoms with E-state index in [2.05, 4.69) is 32.1 Å². The number of ether oxygens (including phenoxy) is 1. The number of halogens is 1. The van der Waals surface area contributed by atoms with Crippen molar-refractivity contribution in [2.75, 3.05) is 26.8 Å². The minimum atomic E-state index is 0.245. The Balaban J connectivity index is 2.61. The molecule has 19 heavy (non-hydrogen) atoms. The van der Waals surface area contributed by atoms with E-state index in [0.29, 0.717) is 13.0 Å². The zero-order valence-electron chi connectivity index (χ0n) is 11.1. The second kappa shape index (κ2) is 8.90. The van der Waals surface area contributed by atoms with Gasteiger partial charge in [-0.2, -0.15) is 0 Å². The second-order valence-corrected chi connectivity index (χ2v) is 5.06. The van der Waals surface area contributed by atoms with E-state index in [1.165, 1.54) is 5.56 Å². The highest BCUT2D eigenvalue weighted by Crippen LogP contribution is 2.17. The Morgan fingerprint density at radius 2 is 2.16 bits per heavy atom. The van der Waals surface area contributed by atoms with E-state index in [9.17, 15) is 0 Å². The van der Waals surface area contributed by atoms with Crippen LogP contribution in [0.5, 0.6) is 0 Å². The van der Waals surface area contributed by atoms with E-state index >= 15 is 0 Å². The molecule has 0 spiro atoms. The van der Waals surface area contributed by atoms with Crippen molar-refractivity contribution in [3.8, 4) is 0 Å². The summed E-state index contributed by atoms with van der Waals surface area (Å²) in [4.78, 5) is 2.21. The predicted octanol–water partition coefficient (Wildman–Crippen LogP) is 2.03. The minimum absolute atomic E-state index is 0.245. The lowest BCUT2D eigenvalue weighted by molar-refractivity contribution is 0.145. The van der Waals surface area contributed by atoms with E-state index in [1.807, 2.05) is 18.2 Å². The molecule has 0 amide bonds. The molecule has 0 aliphatic rings. The smallest absolute Gasteiger partial charge is 0.140 e. The molecule has 0 unspecified atom stereocenters. The number of benzene rings is 1. The maximum Gasteiger partial charge on any atom is 0.140 e. The lowest BCUT2D eigenvalue weighted by atomic mass is 10.2. The quantitative estimate of drug-likeness (QED) is 0.331.